The molecule has 0 unspecified atom stereocenters. The van der Waals surface area contributed by atoms with Crippen molar-refractivity contribution in [3.8, 4) is 10.4 Å². The highest BCUT2D eigenvalue weighted by atomic mass is 127. The molecule has 1 amide bonds. The summed E-state index contributed by atoms with van der Waals surface area (Å²) in [5, 5.41) is 11.9. The Balaban J connectivity index is 1.83. The van der Waals surface area contributed by atoms with E-state index >= 15 is 0 Å². The fourth-order valence-electron chi connectivity index (χ4n) is 2.70. The van der Waals surface area contributed by atoms with Gasteiger partial charge in [0.05, 0.1) is 16.1 Å². The summed E-state index contributed by atoms with van der Waals surface area (Å²) in [5.74, 6) is -1.05. The first-order valence-electron chi connectivity index (χ1n) is 7.52. The van der Waals surface area contributed by atoms with Gasteiger partial charge < -0.3 is 5.32 Å². The van der Waals surface area contributed by atoms with Crippen LogP contribution in [-0.2, 0) is 9.59 Å². The molecule has 0 atom stereocenters. The molecule has 0 aliphatic rings. The topological polar surface area (TPSA) is 74.8 Å². The van der Waals surface area contributed by atoms with Gasteiger partial charge in [-0.25, -0.2) is 0 Å². The highest BCUT2D eigenvalue weighted by molar-refractivity contribution is 14.1. The maximum absolute atomic E-state index is 11.9. The second kappa shape index (κ2) is 6.57. The SMILES string of the molecule is O=C(CI)C(=O)Nc1cc(-c2cc3ccccc3s2)c2[nH]ncc2c1. The van der Waals surface area contributed by atoms with E-state index in [2.05, 4.69) is 33.7 Å². The molecule has 5 nitrogen and oxygen atoms in total. The zero-order valence-electron chi connectivity index (χ0n) is 12.9. The van der Waals surface area contributed by atoms with Gasteiger partial charge in [-0.3, -0.25) is 14.7 Å². The number of carbonyl (C=O) groups is 2. The molecular formula is C18H12IN3O2S. The zero-order chi connectivity index (χ0) is 17.4. The molecule has 0 saturated heterocycles. The molecule has 0 bridgehead atoms. The molecule has 2 aromatic carbocycles. The maximum Gasteiger partial charge on any atom is 0.292 e. The van der Waals surface area contributed by atoms with Crippen LogP contribution in [0.2, 0.25) is 0 Å². The molecule has 4 aromatic rings. The highest BCUT2D eigenvalue weighted by Crippen LogP contribution is 2.38. The van der Waals surface area contributed by atoms with Crippen LogP contribution in [0.3, 0.4) is 0 Å². The summed E-state index contributed by atoms with van der Waals surface area (Å²) in [6.07, 6.45) is 1.71. The number of Topliss-reactive ketones (excluding diaryl/α,β-unsaturated/α-hetero) is 1. The summed E-state index contributed by atoms with van der Waals surface area (Å²) in [5.41, 5.74) is 2.45. The van der Waals surface area contributed by atoms with E-state index in [-0.39, 0.29) is 4.43 Å². The smallest absolute Gasteiger partial charge is 0.292 e. The normalized spacial score (nSPS) is 11.1. The van der Waals surface area contributed by atoms with E-state index in [1.54, 1.807) is 17.5 Å². The molecule has 0 spiro atoms. The molecule has 0 aliphatic carbocycles. The number of alkyl halides is 1. The Morgan fingerprint density at radius 2 is 2.00 bits per heavy atom. The minimum absolute atomic E-state index is 0.153. The molecule has 0 fully saturated rings. The Kier molecular flexibility index (Phi) is 4.26. The summed E-state index contributed by atoms with van der Waals surface area (Å²) in [4.78, 5) is 24.6. The van der Waals surface area contributed by atoms with Crippen molar-refractivity contribution in [3.63, 3.8) is 0 Å². The Hall–Kier alpha value is -2.26. The first-order valence-corrected chi connectivity index (χ1v) is 9.86. The number of carbonyl (C=O) groups excluding carboxylic acids is 2. The van der Waals surface area contributed by atoms with E-state index < -0.39 is 11.7 Å². The predicted molar refractivity (Wildman–Crippen MR) is 109 cm³/mol. The summed E-state index contributed by atoms with van der Waals surface area (Å²) in [6, 6.07) is 14.0. The van der Waals surface area contributed by atoms with E-state index in [1.807, 2.05) is 46.9 Å². The van der Waals surface area contributed by atoms with Crippen LogP contribution < -0.4 is 5.32 Å². The van der Waals surface area contributed by atoms with E-state index in [4.69, 9.17) is 0 Å². The zero-order valence-corrected chi connectivity index (χ0v) is 15.8. The molecule has 124 valence electrons. The lowest BCUT2D eigenvalue weighted by molar-refractivity contribution is -0.133. The third kappa shape index (κ3) is 3.05. The van der Waals surface area contributed by atoms with Gasteiger partial charge in [0.15, 0.2) is 0 Å². The maximum atomic E-state index is 11.9. The van der Waals surface area contributed by atoms with Crippen LogP contribution in [0.15, 0.2) is 48.7 Å². The van der Waals surface area contributed by atoms with Gasteiger partial charge in [0.2, 0.25) is 5.78 Å². The molecule has 2 heterocycles. The molecule has 0 aliphatic heterocycles. The minimum Gasteiger partial charge on any atom is -0.319 e. The van der Waals surface area contributed by atoms with Gasteiger partial charge in [0.25, 0.3) is 5.91 Å². The van der Waals surface area contributed by atoms with E-state index in [0.717, 1.165) is 21.3 Å². The number of H-pyrrole nitrogens is 1. The van der Waals surface area contributed by atoms with Gasteiger partial charge in [-0.05, 0) is 29.7 Å². The second-order valence-corrected chi connectivity index (χ2v) is 7.36. The number of aromatic nitrogens is 2. The lowest BCUT2D eigenvalue weighted by Crippen LogP contribution is -2.23. The number of aromatic amines is 1. The van der Waals surface area contributed by atoms with Crippen molar-refractivity contribution in [3.05, 3.63) is 48.7 Å². The molecule has 7 heteroatoms. The number of anilines is 1. The van der Waals surface area contributed by atoms with Crippen LogP contribution in [-0.4, -0.2) is 26.3 Å². The van der Waals surface area contributed by atoms with Gasteiger partial charge >= 0.3 is 0 Å². The third-order valence-electron chi connectivity index (χ3n) is 3.87. The molecule has 0 saturated carbocycles. The average Bonchev–Trinajstić information content (AvgIpc) is 3.26. The Morgan fingerprint density at radius 1 is 1.16 bits per heavy atom. The van der Waals surface area contributed by atoms with Gasteiger partial charge in [-0.1, -0.05) is 40.8 Å². The van der Waals surface area contributed by atoms with Crippen LogP contribution in [0.5, 0.6) is 0 Å². The van der Waals surface area contributed by atoms with Gasteiger partial charge in [-0.2, -0.15) is 5.10 Å². The summed E-state index contributed by atoms with van der Waals surface area (Å²) in [7, 11) is 0. The standard InChI is InChI=1S/C18H12IN3O2S/c19-8-14(23)18(24)21-12-5-11-9-20-22-17(11)13(7-12)16-6-10-3-1-2-4-15(10)25-16/h1-7,9H,8H2,(H,20,22)(H,21,24). The number of fused-ring (bicyclic) bond motifs is 2. The number of hydrogen-bond donors (Lipinski definition) is 2. The Morgan fingerprint density at radius 3 is 2.80 bits per heavy atom. The fourth-order valence-corrected chi connectivity index (χ4v) is 4.13. The quantitative estimate of drug-likeness (QED) is 0.269. The van der Waals surface area contributed by atoms with E-state index in [9.17, 15) is 9.59 Å². The molecule has 25 heavy (non-hydrogen) atoms. The predicted octanol–water partition coefficient (Wildman–Crippen LogP) is 4.39. The van der Waals surface area contributed by atoms with Crippen molar-refractivity contribution >= 4 is 72.3 Å². The van der Waals surface area contributed by atoms with E-state index in [1.165, 1.54) is 10.1 Å². The highest BCUT2D eigenvalue weighted by Gasteiger charge is 2.15. The van der Waals surface area contributed by atoms with Crippen molar-refractivity contribution in [2.75, 3.05) is 9.74 Å². The van der Waals surface area contributed by atoms with Crippen molar-refractivity contribution in [2.24, 2.45) is 0 Å². The van der Waals surface area contributed by atoms with Gasteiger partial charge in [-0.15, -0.1) is 11.3 Å². The number of nitrogens with one attached hydrogen (secondary N) is 2. The van der Waals surface area contributed by atoms with Crippen LogP contribution in [0, 0.1) is 0 Å². The number of halogens is 1. The van der Waals surface area contributed by atoms with Crippen LogP contribution in [0.25, 0.3) is 31.4 Å². The average molecular weight is 461 g/mol. The summed E-state index contributed by atoms with van der Waals surface area (Å²) in [6.45, 7) is 0. The second-order valence-electron chi connectivity index (χ2n) is 5.52. The van der Waals surface area contributed by atoms with Crippen molar-refractivity contribution in [1.29, 1.82) is 0 Å². The number of nitrogens with zero attached hydrogens (tertiary/aromatic N) is 1. The number of thiophene rings is 1. The Bertz CT molecular complexity index is 1080. The third-order valence-corrected chi connectivity index (χ3v) is 5.71. The van der Waals surface area contributed by atoms with Crippen LogP contribution in [0.1, 0.15) is 0 Å². The first kappa shape index (κ1) is 16.2. The minimum atomic E-state index is -0.598. The summed E-state index contributed by atoms with van der Waals surface area (Å²) >= 11 is 3.56. The number of benzene rings is 2. The molecular weight excluding hydrogens is 449 g/mol. The number of rotatable bonds is 4. The largest absolute Gasteiger partial charge is 0.319 e. The van der Waals surface area contributed by atoms with Crippen LogP contribution >= 0.6 is 33.9 Å². The first-order chi connectivity index (χ1) is 12.2. The van der Waals surface area contributed by atoms with Crippen molar-refractivity contribution in [2.45, 2.75) is 0 Å². The Labute approximate surface area is 160 Å². The van der Waals surface area contributed by atoms with E-state index in [0.29, 0.717) is 5.69 Å². The summed E-state index contributed by atoms with van der Waals surface area (Å²) < 4.78 is 1.35. The molecule has 2 aromatic heterocycles. The monoisotopic (exact) mass is 461 g/mol. The molecule has 0 radical (unpaired) electrons. The lowest BCUT2D eigenvalue weighted by atomic mass is 10.1. The number of hydrogen-bond acceptors (Lipinski definition) is 4. The fraction of sp³-hybridized carbons (Fsp3) is 0.0556. The lowest BCUT2D eigenvalue weighted by Gasteiger charge is -2.07. The van der Waals surface area contributed by atoms with Gasteiger partial charge in [0.1, 0.15) is 0 Å². The number of ketones is 1. The molecule has 4 rings (SSSR count). The molecule has 2 N–H and O–H groups in total. The van der Waals surface area contributed by atoms with Crippen molar-refractivity contribution < 1.29 is 9.59 Å². The van der Waals surface area contributed by atoms with Crippen LogP contribution in [0.4, 0.5) is 5.69 Å². The van der Waals surface area contributed by atoms with Gasteiger partial charge in [0, 0.05) is 26.2 Å². The van der Waals surface area contributed by atoms with Crippen molar-refractivity contribution in [1.82, 2.24) is 10.2 Å². The number of amides is 1.